The number of rotatable bonds is 6. The SMILES string of the molecule is COc1ccc(OC)c(N(Cc2c(Cl)cccc2Cl)S(C)(=O)=O)c1. The topological polar surface area (TPSA) is 55.8 Å². The maximum absolute atomic E-state index is 12.4. The van der Waals surface area contributed by atoms with Crippen molar-refractivity contribution in [3.05, 3.63) is 52.0 Å². The Morgan fingerprint density at radius 1 is 1.04 bits per heavy atom. The van der Waals surface area contributed by atoms with Crippen LogP contribution in [-0.2, 0) is 16.6 Å². The third-order valence-corrected chi connectivity index (χ3v) is 5.25. The van der Waals surface area contributed by atoms with Gasteiger partial charge in [0, 0.05) is 21.7 Å². The van der Waals surface area contributed by atoms with Crippen molar-refractivity contribution in [1.29, 1.82) is 0 Å². The standard InChI is InChI=1S/C16H17Cl2NO4S/c1-22-11-7-8-16(23-2)15(9-11)19(24(3,20)21)10-12-13(17)5-4-6-14(12)18/h4-9H,10H2,1-3H3. The van der Waals surface area contributed by atoms with E-state index in [1.54, 1.807) is 36.4 Å². The molecule has 0 aliphatic carbocycles. The average molecular weight is 390 g/mol. The first-order valence-electron chi connectivity index (χ1n) is 6.90. The Balaban J connectivity index is 2.59. The van der Waals surface area contributed by atoms with Crippen molar-refractivity contribution in [3.8, 4) is 11.5 Å². The predicted octanol–water partition coefficient (Wildman–Crippen LogP) is 3.98. The van der Waals surface area contributed by atoms with Gasteiger partial charge in [0.25, 0.3) is 0 Å². The van der Waals surface area contributed by atoms with Crippen LogP contribution >= 0.6 is 23.2 Å². The minimum atomic E-state index is -3.63. The molecule has 0 aromatic heterocycles. The molecule has 2 aromatic rings. The summed E-state index contributed by atoms with van der Waals surface area (Å²) in [5, 5.41) is 0.774. The van der Waals surface area contributed by atoms with E-state index in [1.165, 1.54) is 18.5 Å². The summed E-state index contributed by atoms with van der Waals surface area (Å²) in [5.74, 6) is 0.897. The molecule has 8 heteroatoms. The van der Waals surface area contributed by atoms with Crippen molar-refractivity contribution in [2.75, 3.05) is 24.8 Å². The van der Waals surface area contributed by atoms with E-state index in [9.17, 15) is 8.42 Å². The molecule has 0 fully saturated rings. The molecule has 130 valence electrons. The summed E-state index contributed by atoms with van der Waals surface area (Å²) < 4.78 is 36.4. The highest BCUT2D eigenvalue weighted by Gasteiger charge is 2.24. The summed E-state index contributed by atoms with van der Waals surface area (Å²) in [6.07, 6.45) is 1.11. The van der Waals surface area contributed by atoms with Gasteiger partial charge in [-0.3, -0.25) is 4.31 Å². The minimum absolute atomic E-state index is 0.0269. The van der Waals surface area contributed by atoms with Gasteiger partial charge in [0.05, 0.1) is 32.7 Å². The second-order valence-electron chi connectivity index (χ2n) is 5.01. The van der Waals surface area contributed by atoms with Gasteiger partial charge in [0.15, 0.2) is 0 Å². The molecular formula is C16H17Cl2NO4S. The summed E-state index contributed by atoms with van der Waals surface area (Å²) >= 11 is 12.4. The zero-order valence-electron chi connectivity index (χ0n) is 13.4. The van der Waals surface area contributed by atoms with E-state index in [-0.39, 0.29) is 6.54 Å². The van der Waals surface area contributed by atoms with Gasteiger partial charge in [-0.15, -0.1) is 0 Å². The molecule has 24 heavy (non-hydrogen) atoms. The van der Waals surface area contributed by atoms with Gasteiger partial charge in [0.2, 0.25) is 10.0 Å². The average Bonchev–Trinajstić information content (AvgIpc) is 2.53. The smallest absolute Gasteiger partial charge is 0.232 e. The number of anilines is 1. The molecule has 0 saturated carbocycles. The van der Waals surface area contributed by atoms with Crippen LogP contribution in [0.4, 0.5) is 5.69 Å². The van der Waals surface area contributed by atoms with Crippen molar-refractivity contribution in [2.45, 2.75) is 6.54 Å². The fourth-order valence-corrected chi connectivity index (χ4v) is 3.58. The van der Waals surface area contributed by atoms with Crippen LogP contribution in [-0.4, -0.2) is 28.9 Å². The Morgan fingerprint density at radius 2 is 1.67 bits per heavy atom. The van der Waals surface area contributed by atoms with Crippen molar-refractivity contribution >= 4 is 38.9 Å². The van der Waals surface area contributed by atoms with E-state index in [2.05, 4.69) is 0 Å². The number of ether oxygens (including phenoxy) is 2. The molecule has 5 nitrogen and oxygen atoms in total. The molecule has 0 spiro atoms. The molecular weight excluding hydrogens is 373 g/mol. The van der Waals surface area contributed by atoms with Crippen molar-refractivity contribution < 1.29 is 17.9 Å². The van der Waals surface area contributed by atoms with Gasteiger partial charge in [-0.1, -0.05) is 29.3 Å². The number of sulfonamides is 1. The van der Waals surface area contributed by atoms with Crippen LogP contribution in [0.25, 0.3) is 0 Å². The van der Waals surface area contributed by atoms with E-state index in [0.29, 0.717) is 32.8 Å². The summed E-state index contributed by atoms with van der Waals surface area (Å²) in [4.78, 5) is 0. The van der Waals surface area contributed by atoms with Crippen LogP contribution in [0, 0.1) is 0 Å². The zero-order valence-corrected chi connectivity index (χ0v) is 15.7. The van der Waals surface area contributed by atoms with Gasteiger partial charge in [-0.25, -0.2) is 8.42 Å². The Kier molecular flexibility index (Phi) is 5.85. The Labute approximate surface area is 151 Å². The summed E-state index contributed by atoms with van der Waals surface area (Å²) in [5.41, 5.74) is 0.853. The van der Waals surface area contributed by atoms with Crippen LogP contribution in [0.3, 0.4) is 0 Å². The maximum Gasteiger partial charge on any atom is 0.232 e. The quantitative estimate of drug-likeness (QED) is 0.749. The lowest BCUT2D eigenvalue weighted by Gasteiger charge is -2.25. The lowest BCUT2D eigenvalue weighted by molar-refractivity contribution is 0.403. The highest BCUT2D eigenvalue weighted by atomic mass is 35.5. The molecule has 2 rings (SSSR count). The number of halogens is 2. The van der Waals surface area contributed by atoms with Gasteiger partial charge in [-0.2, -0.15) is 0 Å². The number of methoxy groups -OCH3 is 2. The molecule has 2 aromatic carbocycles. The van der Waals surface area contributed by atoms with Gasteiger partial charge in [0.1, 0.15) is 11.5 Å². The highest BCUT2D eigenvalue weighted by Crippen LogP contribution is 2.36. The Morgan fingerprint density at radius 3 is 2.17 bits per heavy atom. The minimum Gasteiger partial charge on any atom is -0.497 e. The van der Waals surface area contributed by atoms with E-state index >= 15 is 0 Å². The summed E-state index contributed by atoms with van der Waals surface area (Å²) in [7, 11) is -0.659. The normalized spacial score (nSPS) is 11.2. The van der Waals surface area contributed by atoms with Gasteiger partial charge in [-0.05, 0) is 24.3 Å². The van der Waals surface area contributed by atoms with Crippen LogP contribution in [0.15, 0.2) is 36.4 Å². The molecule has 0 aliphatic rings. The first-order chi connectivity index (χ1) is 11.3. The lowest BCUT2D eigenvalue weighted by Crippen LogP contribution is -2.30. The molecule has 0 amide bonds. The lowest BCUT2D eigenvalue weighted by atomic mass is 10.2. The molecule has 0 saturated heterocycles. The fourth-order valence-electron chi connectivity index (χ4n) is 2.20. The van der Waals surface area contributed by atoms with E-state index in [4.69, 9.17) is 32.7 Å². The van der Waals surface area contributed by atoms with Crippen LogP contribution in [0.1, 0.15) is 5.56 Å². The summed E-state index contributed by atoms with van der Waals surface area (Å²) in [6, 6.07) is 9.93. The number of nitrogens with zero attached hydrogens (tertiary/aromatic N) is 1. The van der Waals surface area contributed by atoms with E-state index < -0.39 is 10.0 Å². The number of hydrogen-bond donors (Lipinski definition) is 0. The Hall–Kier alpha value is -1.63. The number of hydrogen-bond acceptors (Lipinski definition) is 4. The first kappa shape index (κ1) is 18.7. The number of benzene rings is 2. The van der Waals surface area contributed by atoms with Crippen LogP contribution in [0.5, 0.6) is 11.5 Å². The first-order valence-corrected chi connectivity index (χ1v) is 9.51. The monoisotopic (exact) mass is 389 g/mol. The zero-order chi connectivity index (χ0) is 17.9. The van der Waals surface area contributed by atoms with Crippen LogP contribution < -0.4 is 13.8 Å². The maximum atomic E-state index is 12.4. The second-order valence-corrected chi connectivity index (χ2v) is 7.73. The van der Waals surface area contributed by atoms with E-state index in [0.717, 1.165) is 6.26 Å². The third-order valence-electron chi connectivity index (χ3n) is 3.42. The van der Waals surface area contributed by atoms with Crippen molar-refractivity contribution in [2.24, 2.45) is 0 Å². The molecule has 0 unspecified atom stereocenters. The molecule has 0 heterocycles. The third kappa shape index (κ3) is 4.06. The van der Waals surface area contributed by atoms with E-state index in [1.807, 2.05) is 0 Å². The predicted molar refractivity (Wildman–Crippen MR) is 97.0 cm³/mol. The molecule has 0 radical (unpaired) electrons. The molecule has 0 atom stereocenters. The van der Waals surface area contributed by atoms with Crippen molar-refractivity contribution in [3.63, 3.8) is 0 Å². The second kappa shape index (κ2) is 7.51. The van der Waals surface area contributed by atoms with Gasteiger partial charge >= 0.3 is 0 Å². The fraction of sp³-hybridized carbons (Fsp3) is 0.250. The van der Waals surface area contributed by atoms with Crippen molar-refractivity contribution in [1.82, 2.24) is 0 Å². The summed E-state index contributed by atoms with van der Waals surface area (Å²) in [6.45, 7) is -0.0269. The van der Waals surface area contributed by atoms with Crippen LogP contribution in [0.2, 0.25) is 10.0 Å². The molecule has 0 N–H and O–H groups in total. The Bertz CT molecular complexity index is 820. The van der Waals surface area contributed by atoms with Gasteiger partial charge < -0.3 is 9.47 Å². The largest absolute Gasteiger partial charge is 0.497 e. The molecule has 0 bridgehead atoms. The molecule has 0 aliphatic heterocycles. The highest BCUT2D eigenvalue weighted by molar-refractivity contribution is 7.92.